The van der Waals surface area contributed by atoms with Gasteiger partial charge in [-0.25, -0.2) is 0 Å². The predicted molar refractivity (Wildman–Crippen MR) is 440 cm³/mol. The maximum atomic E-state index is 6.47. The molecule has 0 unspecified atom stereocenters. The van der Waals surface area contributed by atoms with Crippen molar-refractivity contribution in [1.29, 1.82) is 0 Å². The maximum absolute atomic E-state index is 6.47. The number of pyridine rings is 2. The van der Waals surface area contributed by atoms with E-state index in [-0.39, 0.29) is 20.1 Å². The molecule has 0 aliphatic carbocycles. The fourth-order valence-electron chi connectivity index (χ4n) is 17.0. The van der Waals surface area contributed by atoms with Crippen molar-refractivity contribution in [1.82, 2.24) is 28.4 Å². The summed E-state index contributed by atoms with van der Waals surface area (Å²) in [5.41, 5.74) is 27.1. The number of methoxy groups -OCH3 is 1. The van der Waals surface area contributed by atoms with Crippen molar-refractivity contribution in [3.8, 4) is 72.8 Å². The minimum absolute atomic E-state index is 0. The predicted octanol–water partition coefficient (Wildman–Crippen LogP) is 25.5. The first-order valence-corrected chi connectivity index (χ1v) is 36.1. The number of ether oxygens (including phenoxy) is 1. The van der Waals surface area contributed by atoms with Gasteiger partial charge in [-0.3, -0.25) is 9.03 Å². The van der Waals surface area contributed by atoms with Gasteiger partial charge >= 0.3 is 0 Å². The third-order valence-electron chi connectivity index (χ3n) is 21.9. The molecule has 0 aliphatic heterocycles. The van der Waals surface area contributed by atoms with Crippen molar-refractivity contribution < 1.29 is 33.7 Å². The van der Waals surface area contributed by atoms with Crippen LogP contribution in [0.2, 0.25) is 0 Å². The van der Waals surface area contributed by atoms with E-state index in [0.717, 1.165) is 155 Å². The number of fused-ring (bicyclic) bond motifs is 24. The molecule has 0 fully saturated rings. The minimum Gasteiger partial charge on any atom is -0.495 e. The van der Waals surface area contributed by atoms with Crippen LogP contribution in [-0.4, -0.2) is 35.5 Å². The van der Waals surface area contributed by atoms with Crippen LogP contribution in [0.1, 0.15) is 5.56 Å². The number of hydrogen-bond acceptors (Lipinski definition) is 5. The first kappa shape index (κ1) is 62.9. The van der Waals surface area contributed by atoms with Gasteiger partial charge in [-0.1, -0.05) is 175 Å². The Morgan fingerprint density at radius 1 is 0.287 bits per heavy atom. The summed E-state index contributed by atoms with van der Waals surface area (Å²) in [5, 5.41) is 25.5. The Morgan fingerprint density at radius 2 is 0.648 bits per heavy atom. The van der Waals surface area contributed by atoms with Gasteiger partial charge in [-0.15, -0.1) is 10.8 Å². The van der Waals surface area contributed by atoms with Crippen molar-refractivity contribution in [2.24, 2.45) is 0 Å². The smallest absolute Gasteiger partial charge is 0.135 e. The molecule has 0 bridgehead atoms. The molecule has 1 radical (unpaired) electrons. The van der Waals surface area contributed by atoms with Gasteiger partial charge in [0.15, 0.2) is 0 Å². The summed E-state index contributed by atoms with van der Waals surface area (Å²) in [4.78, 5) is 0. The first-order valence-electron chi connectivity index (χ1n) is 36.1. The van der Waals surface area contributed by atoms with Crippen LogP contribution in [0.25, 0.3) is 209 Å². The standard InChI is InChI=1S/C59H38N3O2.C39H22N3O.Ir/c1-36-30-47(38-10-4-3-5-11-38)59(63-2)48(31-36)39-18-16-37(17-19-39)40-21-25-54-50(33-40)45-13-6-8-14-53(45)61(54)43-23-27-58-52(35-43)51-34-42(22-26-57(51)64-58)41-20-24-46-49(32-41)44-12-7-9-15-55(44)62-56(46)28-29-60-62;1-4-10-34-27(7-1)28-8-2-5-11-35(28)41(34)26-15-18-39-33(23-26)32-22-25(14-17-38(32)43-39)24-13-16-30-31(21-24)29-9-3-6-12-36(29)42-37(30)19-20-40-42;/h3-14,16-35H,1-2H3;1-11,13-23H;/q2*-1;. The summed E-state index contributed by atoms with van der Waals surface area (Å²) in [6, 6.07) is 119. The number of para-hydroxylation sites is 5. The van der Waals surface area contributed by atoms with E-state index in [1.165, 1.54) is 65.3 Å². The summed E-state index contributed by atoms with van der Waals surface area (Å²) in [6.45, 7) is 2.15. The van der Waals surface area contributed by atoms with E-state index in [1.54, 1.807) is 7.11 Å². The Kier molecular flexibility index (Phi) is 14.4. The van der Waals surface area contributed by atoms with E-state index < -0.39 is 0 Å². The number of rotatable bonds is 8. The SMILES string of the molecule is COc1c(-c2ccccc2)cc(C)cc1-c1ccc(-c2ccc3c(c2)c2ccccc2n3-c2ccc3oc4ccc(-c5ccc6c(c5)c5ccc[c-]c5n5nccc65)cc4c3c2)cc1.[Ir].[c-]1cccc2c3cc(-c4ccc5oc6ccc(-n7c8ccccc8c8ccccc87)cc6c5c4)ccc3c3ccnn3c12. The van der Waals surface area contributed by atoms with E-state index >= 15 is 0 Å². The van der Waals surface area contributed by atoms with Crippen molar-refractivity contribution in [3.05, 3.63) is 346 Å². The fraction of sp³-hybridized carbons (Fsp3) is 0.0204. The average molecular weight is 1560 g/mol. The van der Waals surface area contributed by atoms with Crippen LogP contribution in [0.3, 0.4) is 0 Å². The van der Waals surface area contributed by atoms with Gasteiger partial charge in [0.25, 0.3) is 0 Å². The molecule has 0 amide bonds. The summed E-state index contributed by atoms with van der Waals surface area (Å²) in [7, 11) is 1.76. The van der Waals surface area contributed by atoms with Crippen LogP contribution in [0.15, 0.2) is 337 Å². The molecule has 0 aliphatic rings. The summed E-state index contributed by atoms with van der Waals surface area (Å²) >= 11 is 0. The van der Waals surface area contributed by atoms with Crippen molar-refractivity contribution in [3.63, 3.8) is 0 Å². The molecule has 0 spiro atoms. The van der Waals surface area contributed by atoms with E-state index in [2.05, 4.69) is 324 Å². The molecule has 8 heterocycles. The molecule has 8 aromatic heterocycles. The Hall–Kier alpha value is -13.6. The Labute approximate surface area is 631 Å². The van der Waals surface area contributed by atoms with Crippen LogP contribution in [0.5, 0.6) is 5.75 Å². The van der Waals surface area contributed by atoms with Crippen LogP contribution in [0, 0.1) is 19.1 Å². The zero-order chi connectivity index (χ0) is 70.5. The second kappa shape index (κ2) is 24.8. The van der Waals surface area contributed by atoms with E-state index in [0.29, 0.717) is 0 Å². The molecule has 0 saturated heterocycles. The third kappa shape index (κ3) is 9.81. The van der Waals surface area contributed by atoms with Crippen LogP contribution in [0.4, 0.5) is 0 Å². The minimum atomic E-state index is 0. The maximum Gasteiger partial charge on any atom is 0.135 e. The molecule has 511 valence electrons. The average Bonchev–Trinajstić information content (AvgIpc) is 1.32. The number of furan rings is 2. The van der Waals surface area contributed by atoms with Gasteiger partial charge in [0.05, 0.1) is 40.2 Å². The molecule has 0 N–H and O–H groups in total. The normalized spacial score (nSPS) is 11.9. The second-order valence-electron chi connectivity index (χ2n) is 27.9. The molecule has 108 heavy (non-hydrogen) atoms. The molecular formula is C98H60IrN6O3-2. The molecule has 23 rings (SSSR count). The molecule has 0 atom stereocenters. The van der Waals surface area contributed by atoms with E-state index in [1.807, 2.05) is 51.8 Å². The van der Waals surface area contributed by atoms with Crippen molar-refractivity contribution in [2.75, 3.05) is 7.11 Å². The first-order chi connectivity index (χ1) is 52.9. The Balaban J connectivity index is 0.000000147. The molecule has 9 nitrogen and oxygen atoms in total. The van der Waals surface area contributed by atoms with Crippen molar-refractivity contribution >= 4 is 142 Å². The summed E-state index contributed by atoms with van der Waals surface area (Å²) < 4.78 is 27.6. The fourth-order valence-corrected chi connectivity index (χ4v) is 17.0. The van der Waals surface area contributed by atoms with Crippen LogP contribution >= 0.6 is 0 Å². The van der Waals surface area contributed by atoms with Gasteiger partial charge in [-0.05, 0) is 194 Å². The van der Waals surface area contributed by atoms with Gasteiger partial charge in [0.2, 0.25) is 0 Å². The molecular weight excluding hydrogens is 1500 g/mol. The largest absolute Gasteiger partial charge is 0.495 e. The van der Waals surface area contributed by atoms with Gasteiger partial charge in [0.1, 0.15) is 28.1 Å². The number of benzene rings is 15. The molecule has 15 aromatic carbocycles. The zero-order valence-electron chi connectivity index (χ0n) is 58.4. The molecule has 23 aromatic rings. The topological polar surface area (TPSA) is 80.0 Å². The van der Waals surface area contributed by atoms with Gasteiger partial charge < -0.3 is 22.7 Å². The van der Waals surface area contributed by atoms with Crippen molar-refractivity contribution in [2.45, 2.75) is 6.92 Å². The van der Waals surface area contributed by atoms with Crippen LogP contribution < -0.4 is 4.74 Å². The van der Waals surface area contributed by atoms with Gasteiger partial charge in [-0.2, -0.15) is 58.7 Å². The third-order valence-corrected chi connectivity index (χ3v) is 21.9. The molecule has 0 saturated carbocycles. The Bertz CT molecular complexity index is 7590. The Morgan fingerprint density at radius 3 is 1.15 bits per heavy atom. The number of nitrogens with zero attached hydrogens (tertiary/aromatic N) is 6. The van der Waals surface area contributed by atoms with Gasteiger partial charge in [0, 0.05) is 98.1 Å². The number of aryl methyl sites for hydroxylation is 1. The summed E-state index contributed by atoms with van der Waals surface area (Å²) in [6.07, 6.45) is 3.71. The monoisotopic (exact) mass is 1560 g/mol. The molecule has 10 heteroatoms. The van der Waals surface area contributed by atoms with E-state index in [9.17, 15) is 0 Å². The quantitative estimate of drug-likeness (QED) is 0.112. The van der Waals surface area contributed by atoms with E-state index in [4.69, 9.17) is 13.6 Å². The second-order valence-corrected chi connectivity index (χ2v) is 27.9. The number of hydrogen-bond donors (Lipinski definition) is 0. The zero-order valence-corrected chi connectivity index (χ0v) is 60.8. The van der Waals surface area contributed by atoms with Crippen LogP contribution in [-0.2, 0) is 20.1 Å². The number of aromatic nitrogens is 6. The summed E-state index contributed by atoms with van der Waals surface area (Å²) in [5.74, 6) is 0.885.